The lowest BCUT2D eigenvalue weighted by Gasteiger charge is -2.20. The van der Waals surface area contributed by atoms with Crippen molar-refractivity contribution in [1.82, 2.24) is 4.90 Å². The van der Waals surface area contributed by atoms with E-state index >= 15 is 0 Å². The highest BCUT2D eigenvalue weighted by atomic mass is 16.5. The van der Waals surface area contributed by atoms with E-state index in [4.69, 9.17) is 4.74 Å². The van der Waals surface area contributed by atoms with Gasteiger partial charge in [-0.15, -0.1) is 0 Å². The molecule has 0 aliphatic rings. The third kappa shape index (κ3) is 23.8. The van der Waals surface area contributed by atoms with Crippen LogP contribution in [0.2, 0.25) is 0 Å². The summed E-state index contributed by atoms with van der Waals surface area (Å²) in [7, 11) is 4.41. The number of carbonyl (C=O) groups is 1. The first kappa shape index (κ1) is 31.2. The van der Waals surface area contributed by atoms with Crippen LogP contribution in [0.5, 0.6) is 0 Å². The summed E-state index contributed by atoms with van der Waals surface area (Å²) in [4.78, 5) is 13.6. The summed E-state index contributed by atoms with van der Waals surface area (Å²) in [6.07, 6.45) is 29.2. The molecule has 0 aliphatic heterocycles. The SMILES string of the molecule is CCCC(CCCCCCCCCCC=CCCCCCCCC(=O)OCC)CN(C)C. The fraction of sp³-hybridized carbons (Fsp3) is 0.897. The molecule has 0 bridgehead atoms. The van der Waals surface area contributed by atoms with Gasteiger partial charge in [0.1, 0.15) is 0 Å². The minimum atomic E-state index is -0.0397. The molecule has 0 rings (SSSR count). The molecule has 0 aromatic heterocycles. The molecule has 32 heavy (non-hydrogen) atoms. The molecule has 190 valence electrons. The lowest BCUT2D eigenvalue weighted by atomic mass is 9.95. The van der Waals surface area contributed by atoms with Gasteiger partial charge in [-0.1, -0.05) is 89.7 Å². The molecule has 0 fully saturated rings. The zero-order valence-corrected chi connectivity index (χ0v) is 22.3. The summed E-state index contributed by atoms with van der Waals surface area (Å²) < 4.78 is 4.95. The van der Waals surface area contributed by atoms with Crippen molar-refractivity contribution in [2.24, 2.45) is 5.92 Å². The number of allylic oxidation sites excluding steroid dienone is 2. The first-order chi connectivity index (χ1) is 15.6. The second-order valence-corrected chi connectivity index (χ2v) is 9.91. The maximum Gasteiger partial charge on any atom is 0.305 e. The molecule has 0 N–H and O–H groups in total. The van der Waals surface area contributed by atoms with E-state index in [1.54, 1.807) is 0 Å². The Morgan fingerprint density at radius 2 is 1.22 bits per heavy atom. The largest absolute Gasteiger partial charge is 0.466 e. The van der Waals surface area contributed by atoms with E-state index in [1.807, 2.05) is 6.92 Å². The van der Waals surface area contributed by atoms with Gasteiger partial charge in [-0.05, 0) is 71.9 Å². The van der Waals surface area contributed by atoms with E-state index < -0.39 is 0 Å². The summed E-state index contributed by atoms with van der Waals surface area (Å²) in [6.45, 7) is 5.95. The van der Waals surface area contributed by atoms with Crippen molar-refractivity contribution < 1.29 is 9.53 Å². The number of rotatable bonds is 24. The quantitative estimate of drug-likeness (QED) is 0.0834. The number of hydrogen-bond acceptors (Lipinski definition) is 3. The molecule has 0 saturated heterocycles. The predicted molar refractivity (Wildman–Crippen MR) is 141 cm³/mol. The lowest BCUT2D eigenvalue weighted by Crippen LogP contribution is -2.21. The summed E-state index contributed by atoms with van der Waals surface area (Å²) in [5.41, 5.74) is 0. The number of hydrogen-bond donors (Lipinski definition) is 0. The standard InChI is InChI=1S/C29H57NO2/c1-5-24-28(27-30(3)4)25-22-20-18-16-14-12-10-8-7-9-11-13-15-17-19-21-23-26-29(31)32-6-2/h9,11,28H,5-8,10,12-27H2,1-4H3. The van der Waals surface area contributed by atoms with Crippen molar-refractivity contribution in [3.8, 4) is 0 Å². The first-order valence-electron chi connectivity index (χ1n) is 14.0. The van der Waals surface area contributed by atoms with E-state index in [9.17, 15) is 4.79 Å². The van der Waals surface area contributed by atoms with Gasteiger partial charge in [-0.2, -0.15) is 0 Å². The Morgan fingerprint density at radius 1 is 0.719 bits per heavy atom. The third-order valence-corrected chi connectivity index (χ3v) is 6.28. The number of carbonyl (C=O) groups excluding carboxylic acids is 1. The molecular weight excluding hydrogens is 394 g/mol. The molecule has 0 spiro atoms. The van der Waals surface area contributed by atoms with E-state index in [0.29, 0.717) is 13.0 Å². The molecule has 0 aromatic carbocycles. The molecule has 0 radical (unpaired) electrons. The Kier molecular flexibility index (Phi) is 24.2. The summed E-state index contributed by atoms with van der Waals surface area (Å²) >= 11 is 0. The Labute approximate surface area is 201 Å². The van der Waals surface area contributed by atoms with E-state index in [0.717, 1.165) is 18.8 Å². The minimum absolute atomic E-state index is 0.0397. The van der Waals surface area contributed by atoms with Crippen molar-refractivity contribution in [3.05, 3.63) is 12.2 Å². The van der Waals surface area contributed by atoms with Gasteiger partial charge in [0.25, 0.3) is 0 Å². The number of nitrogens with zero attached hydrogens (tertiary/aromatic N) is 1. The minimum Gasteiger partial charge on any atom is -0.466 e. The molecule has 1 atom stereocenters. The van der Waals surface area contributed by atoms with Crippen molar-refractivity contribution in [2.75, 3.05) is 27.2 Å². The van der Waals surface area contributed by atoms with Gasteiger partial charge in [-0.3, -0.25) is 4.79 Å². The summed E-state index contributed by atoms with van der Waals surface area (Å²) in [5, 5.41) is 0. The molecule has 0 saturated carbocycles. The number of ether oxygens (including phenoxy) is 1. The van der Waals surface area contributed by atoms with Gasteiger partial charge in [0, 0.05) is 13.0 Å². The van der Waals surface area contributed by atoms with Gasteiger partial charge < -0.3 is 9.64 Å². The van der Waals surface area contributed by atoms with Gasteiger partial charge in [-0.25, -0.2) is 0 Å². The lowest BCUT2D eigenvalue weighted by molar-refractivity contribution is -0.143. The van der Waals surface area contributed by atoms with Crippen LogP contribution in [0.25, 0.3) is 0 Å². The summed E-state index contributed by atoms with van der Waals surface area (Å²) in [5.74, 6) is 0.868. The number of esters is 1. The highest BCUT2D eigenvalue weighted by molar-refractivity contribution is 5.69. The van der Waals surface area contributed by atoms with Gasteiger partial charge in [0.15, 0.2) is 0 Å². The topological polar surface area (TPSA) is 29.5 Å². The highest BCUT2D eigenvalue weighted by Crippen LogP contribution is 2.18. The maximum atomic E-state index is 11.2. The maximum absolute atomic E-state index is 11.2. The Balaban J connectivity index is 3.30. The van der Waals surface area contributed by atoms with Crippen LogP contribution in [-0.2, 0) is 9.53 Å². The van der Waals surface area contributed by atoms with Crippen molar-refractivity contribution in [2.45, 2.75) is 136 Å². The second kappa shape index (κ2) is 24.8. The third-order valence-electron chi connectivity index (χ3n) is 6.28. The highest BCUT2D eigenvalue weighted by Gasteiger charge is 2.08. The normalized spacial score (nSPS) is 12.7. The van der Waals surface area contributed by atoms with Crippen LogP contribution in [0, 0.1) is 5.92 Å². The van der Waals surface area contributed by atoms with Crippen LogP contribution in [0.4, 0.5) is 0 Å². The Hall–Kier alpha value is -0.830. The fourth-order valence-corrected chi connectivity index (χ4v) is 4.54. The first-order valence-corrected chi connectivity index (χ1v) is 14.0. The second-order valence-electron chi connectivity index (χ2n) is 9.91. The van der Waals surface area contributed by atoms with E-state index in [-0.39, 0.29) is 5.97 Å². The van der Waals surface area contributed by atoms with Crippen LogP contribution in [0.1, 0.15) is 136 Å². The monoisotopic (exact) mass is 451 g/mol. The van der Waals surface area contributed by atoms with E-state index in [2.05, 4.69) is 38.1 Å². The van der Waals surface area contributed by atoms with Crippen LogP contribution in [0.3, 0.4) is 0 Å². The fourth-order valence-electron chi connectivity index (χ4n) is 4.54. The van der Waals surface area contributed by atoms with Gasteiger partial charge >= 0.3 is 5.97 Å². The van der Waals surface area contributed by atoms with Crippen LogP contribution >= 0.6 is 0 Å². The molecule has 3 heteroatoms. The van der Waals surface area contributed by atoms with Crippen molar-refractivity contribution in [1.29, 1.82) is 0 Å². The van der Waals surface area contributed by atoms with Crippen molar-refractivity contribution >= 4 is 5.97 Å². The van der Waals surface area contributed by atoms with Crippen LogP contribution in [-0.4, -0.2) is 38.1 Å². The molecule has 3 nitrogen and oxygen atoms in total. The molecular formula is C29H57NO2. The van der Waals surface area contributed by atoms with Gasteiger partial charge in [0.2, 0.25) is 0 Å². The molecule has 1 unspecified atom stereocenters. The summed E-state index contributed by atoms with van der Waals surface area (Å²) in [6, 6.07) is 0. The zero-order chi connectivity index (χ0) is 23.7. The average molecular weight is 452 g/mol. The Bertz CT molecular complexity index is 419. The zero-order valence-electron chi connectivity index (χ0n) is 22.3. The van der Waals surface area contributed by atoms with Gasteiger partial charge in [0.05, 0.1) is 6.61 Å². The average Bonchev–Trinajstić information content (AvgIpc) is 2.75. The molecule has 0 heterocycles. The Morgan fingerprint density at radius 3 is 1.72 bits per heavy atom. The smallest absolute Gasteiger partial charge is 0.305 e. The van der Waals surface area contributed by atoms with E-state index in [1.165, 1.54) is 109 Å². The predicted octanol–water partition coefficient (Wildman–Crippen LogP) is 8.72. The van der Waals surface area contributed by atoms with Crippen LogP contribution in [0.15, 0.2) is 12.2 Å². The molecule has 0 aliphatic carbocycles. The van der Waals surface area contributed by atoms with Crippen LogP contribution < -0.4 is 0 Å². The number of unbranched alkanes of at least 4 members (excludes halogenated alkanes) is 13. The molecule has 0 aromatic rings. The molecule has 0 amide bonds. The van der Waals surface area contributed by atoms with Crippen molar-refractivity contribution in [3.63, 3.8) is 0 Å².